The third-order valence-corrected chi connectivity index (χ3v) is 3.12. The lowest BCUT2D eigenvalue weighted by atomic mass is 9.86. The fraction of sp³-hybridized carbons (Fsp3) is 0.571. The molecule has 1 aromatic rings. The summed E-state index contributed by atoms with van der Waals surface area (Å²) >= 11 is 0. The lowest BCUT2D eigenvalue weighted by molar-refractivity contribution is 0.0225. The van der Waals surface area contributed by atoms with Crippen molar-refractivity contribution in [3.05, 3.63) is 35.4 Å². The van der Waals surface area contributed by atoms with Crippen molar-refractivity contribution in [2.75, 3.05) is 0 Å². The zero-order chi connectivity index (χ0) is 11.3. The minimum atomic E-state index is -0.625. The van der Waals surface area contributed by atoms with Gasteiger partial charge in [0, 0.05) is 0 Å². The largest absolute Gasteiger partial charge is 0.385 e. The first-order valence-corrected chi connectivity index (χ1v) is 5.98. The third-order valence-electron chi connectivity index (χ3n) is 3.12. The summed E-state index contributed by atoms with van der Waals surface area (Å²) in [5.41, 5.74) is 1.75. The van der Waals surface area contributed by atoms with Crippen molar-refractivity contribution in [2.45, 2.75) is 52.1 Å². The maximum Gasteiger partial charge on any atom is 0.0893 e. The highest BCUT2D eigenvalue weighted by Crippen LogP contribution is 2.30. The van der Waals surface area contributed by atoms with E-state index in [0.717, 1.165) is 31.2 Å². The lowest BCUT2D eigenvalue weighted by Crippen LogP contribution is -2.24. The molecule has 0 heterocycles. The molecule has 0 aliphatic rings. The van der Waals surface area contributed by atoms with Gasteiger partial charge in [0.25, 0.3) is 0 Å². The molecule has 0 aliphatic carbocycles. The summed E-state index contributed by atoms with van der Waals surface area (Å²) in [5.74, 6) is 0. The SMILES string of the molecule is CCCC(O)(CC)c1cccc(CC)c1. The van der Waals surface area contributed by atoms with Crippen molar-refractivity contribution < 1.29 is 5.11 Å². The van der Waals surface area contributed by atoms with Crippen LogP contribution < -0.4 is 0 Å². The predicted molar refractivity (Wildman–Crippen MR) is 64.9 cm³/mol. The van der Waals surface area contributed by atoms with Crippen molar-refractivity contribution >= 4 is 0 Å². The Kier molecular flexibility index (Phi) is 4.34. The maximum absolute atomic E-state index is 10.5. The number of rotatable bonds is 5. The van der Waals surface area contributed by atoms with E-state index in [2.05, 4.69) is 26.0 Å². The molecule has 0 radical (unpaired) electrons. The van der Waals surface area contributed by atoms with E-state index < -0.39 is 5.60 Å². The van der Waals surface area contributed by atoms with E-state index in [4.69, 9.17) is 0 Å². The monoisotopic (exact) mass is 206 g/mol. The molecule has 1 atom stereocenters. The Morgan fingerprint density at radius 2 is 1.93 bits per heavy atom. The minimum Gasteiger partial charge on any atom is -0.385 e. The van der Waals surface area contributed by atoms with Gasteiger partial charge in [-0.3, -0.25) is 0 Å². The van der Waals surface area contributed by atoms with Crippen LogP contribution in [0, 0.1) is 0 Å². The zero-order valence-corrected chi connectivity index (χ0v) is 10.1. The highest BCUT2D eigenvalue weighted by molar-refractivity contribution is 5.28. The average Bonchev–Trinajstić information content (AvgIpc) is 2.29. The molecule has 15 heavy (non-hydrogen) atoms. The Balaban J connectivity index is 3.00. The fourth-order valence-electron chi connectivity index (χ4n) is 2.02. The molecule has 1 aromatic carbocycles. The normalized spacial score (nSPS) is 14.9. The van der Waals surface area contributed by atoms with Crippen LogP contribution in [0.25, 0.3) is 0 Å². The van der Waals surface area contributed by atoms with E-state index in [1.807, 2.05) is 19.1 Å². The molecule has 0 saturated heterocycles. The Bertz CT molecular complexity index is 306. The van der Waals surface area contributed by atoms with Gasteiger partial charge in [0.05, 0.1) is 5.60 Å². The van der Waals surface area contributed by atoms with E-state index in [1.54, 1.807) is 0 Å². The number of benzene rings is 1. The second kappa shape index (κ2) is 5.32. The highest BCUT2D eigenvalue weighted by Gasteiger charge is 2.25. The van der Waals surface area contributed by atoms with Crippen molar-refractivity contribution in [3.63, 3.8) is 0 Å². The summed E-state index contributed by atoms with van der Waals surface area (Å²) in [6, 6.07) is 8.34. The van der Waals surface area contributed by atoms with Gasteiger partial charge in [0.1, 0.15) is 0 Å². The zero-order valence-electron chi connectivity index (χ0n) is 10.1. The number of hydrogen-bond donors (Lipinski definition) is 1. The Morgan fingerprint density at radius 1 is 1.20 bits per heavy atom. The van der Waals surface area contributed by atoms with Gasteiger partial charge in [0.15, 0.2) is 0 Å². The molecule has 0 aromatic heterocycles. The standard InChI is InChI=1S/C14H22O/c1-4-10-14(15,6-3)13-9-7-8-12(5-2)11-13/h7-9,11,15H,4-6,10H2,1-3H3. The first-order valence-electron chi connectivity index (χ1n) is 5.98. The van der Waals surface area contributed by atoms with Crippen molar-refractivity contribution in [1.29, 1.82) is 0 Å². The van der Waals surface area contributed by atoms with Crippen LogP contribution in [0.3, 0.4) is 0 Å². The number of aryl methyl sites for hydroxylation is 1. The van der Waals surface area contributed by atoms with Gasteiger partial charge in [0.2, 0.25) is 0 Å². The molecule has 84 valence electrons. The van der Waals surface area contributed by atoms with Crippen molar-refractivity contribution in [3.8, 4) is 0 Å². The third kappa shape index (κ3) is 2.82. The van der Waals surface area contributed by atoms with Crippen LogP contribution in [0.5, 0.6) is 0 Å². The highest BCUT2D eigenvalue weighted by atomic mass is 16.3. The summed E-state index contributed by atoms with van der Waals surface area (Å²) in [6.07, 6.45) is 3.67. The second-order valence-electron chi connectivity index (χ2n) is 4.19. The topological polar surface area (TPSA) is 20.2 Å². The first-order chi connectivity index (χ1) is 7.16. The van der Waals surface area contributed by atoms with Crippen molar-refractivity contribution in [2.24, 2.45) is 0 Å². The van der Waals surface area contributed by atoms with Crippen LogP contribution >= 0.6 is 0 Å². The van der Waals surface area contributed by atoms with Gasteiger partial charge in [-0.25, -0.2) is 0 Å². The molecule has 1 N–H and O–H groups in total. The van der Waals surface area contributed by atoms with Gasteiger partial charge in [-0.05, 0) is 30.4 Å². The van der Waals surface area contributed by atoms with E-state index >= 15 is 0 Å². The van der Waals surface area contributed by atoms with Crippen LogP contribution in [-0.4, -0.2) is 5.11 Å². The van der Waals surface area contributed by atoms with Gasteiger partial charge in [-0.1, -0.05) is 51.5 Å². The van der Waals surface area contributed by atoms with E-state index in [9.17, 15) is 5.11 Å². The van der Waals surface area contributed by atoms with E-state index in [1.165, 1.54) is 5.56 Å². The fourth-order valence-corrected chi connectivity index (χ4v) is 2.02. The first kappa shape index (κ1) is 12.3. The molecule has 1 rings (SSSR count). The minimum absolute atomic E-state index is 0.625. The quantitative estimate of drug-likeness (QED) is 0.779. The van der Waals surface area contributed by atoms with Crippen LogP contribution in [0.1, 0.15) is 51.2 Å². The smallest absolute Gasteiger partial charge is 0.0893 e. The molecule has 0 spiro atoms. The summed E-state index contributed by atoms with van der Waals surface area (Å²) in [5, 5.41) is 10.5. The molecular formula is C14H22O. The van der Waals surface area contributed by atoms with Gasteiger partial charge in [-0.2, -0.15) is 0 Å². The van der Waals surface area contributed by atoms with Crippen LogP contribution in [0.15, 0.2) is 24.3 Å². The molecule has 1 nitrogen and oxygen atoms in total. The molecular weight excluding hydrogens is 184 g/mol. The summed E-state index contributed by atoms with van der Waals surface area (Å²) < 4.78 is 0. The van der Waals surface area contributed by atoms with Gasteiger partial charge >= 0.3 is 0 Å². The predicted octanol–water partition coefficient (Wildman–Crippen LogP) is 3.65. The molecule has 0 fully saturated rings. The number of aliphatic hydroxyl groups is 1. The summed E-state index contributed by atoms with van der Waals surface area (Å²) in [6.45, 7) is 6.31. The van der Waals surface area contributed by atoms with E-state index in [0.29, 0.717) is 0 Å². The second-order valence-corrected chi connectivity index (χ2v) is 4.19. The van der Waals surface area contributed by atoms with Crippen LogP contribution in [0.2, 0.25) is 0 Å². The maximum atomic E-state index is 10.5. The molecule has 0 bridgehead atoms. The molecule has 0 aliphatic heterocycles. The molecule has 1 heteroatoms. The van der Waals surface area contributed by atoms with Crippen LogP contribution in [-0.2, 0) is 12.0 Å². The average molecular weight is 206 g/mol. The number of hydrogen-bond acceptors (Lipinski definition) is 1. The Labute approximate surface area is 93.1 Å². The summed E-state index contributed by atoms with van der Waals surface area (Å²) in [7, 11) is 0. The van der Waals surface area contributed by atoms with Gasteiger partial charge < -0.3 is 5.11 Å². The van der Waals surface area contributed by atoms with Crippen LogP contribution in [0.4, 0.5) is 0 Å². The van der Waals surface area contributed by atoms with Crippen molar-refractivity contribution in [1.82, 2.24) is 0 Å². The Hall–Kier alpha value is -0.820. The molecule has 0 saturated carbocycles. The molecule has 1 unspecified atom stereocenters. The van der Waals surface area contributed by atoms with Gasteiger partial charge in [-0.15, -0.1) is 0 Å². The van der Waals surface area contributed by atoms with E-state index in [-0.39, 0.29) is 0 Å². The Morgan fingerprint density at radius 3 is 2.47 bits per heavy atom. The lowest BCUT2D eigenvalue weighted by Gasteiger charge is -2.27. The summed E-state index contributed by atoms with van der Waals surface area (Å²) in [4.78, 5) is 0. The molecule has 0 amide bonds.